The Balaban J connectivity index is 1.99. The van der Waals surface area contributed by atoms with Crippen molar-refractivity contribution in [3.8, 4) is 0 Å². The number of rotatable bonds is 8. The molecule has 0 amide bonds. The average molecular weight is 388 g/mol. The normalized spacial score (nSPS) is 11.0. The maximum Gasteiger partial charge on any atom is 0.342 e. The molecule has 1 aromatic carbocycles. The van der Waals surface area contributed by atoms with E-state index >= 15 is 0 Å². The van der Waals surface area contributed by atoms with Crippen LogP contribution >= 0.6 is 27.5 Å². The number of hydrogen-bond acceptors (Lipinski definition) is 4. The van der Waals surface area contributed by atoms with Gasteiger partial charge in [0.1, 0.15) is 12.7 Å². The zero-order chi connectivity index (χ0) is 15.9. The first kappa shape index (κ1) is 16.9. The molecule has 0 aliphatic heterocycles. The van der Waals surface area contributed by atoms with Crippen molar-refractivity contribution in [2.75, 3.05) is 18.4 Å². The summed E-state index contributed by atoms with van der Waals surface area (Å²) < 4.78 is 1.55. The molecule has 0 N–H and O–H groups in total. The summed E-state index contributed by atoms with van der Waals surface area (Å²) in [6.07, 6.45) is 2.76. The molecule has 1 aromatic heterocycles. The lowest BCUT2D eigenvalue weighted by Gasteiger charge is -2.20. The molecule has 2 rings (SSSR count). The van der Waals surface area contributed by atoms with Gasteiger partial charge in [0.05, 0.1) is 0 Å². The molecule has 0 fully saturated rings. The molecule has 0 saturated heterocycles. The Hall–Kier alpha value is -1.44. The highest BCUT2D eigenvalue weighted by atomic mass is 79.9. The van der Waals surface area contributed by atoms with E-state index in [0.29, 0.717) is 18.1 Å². The summed E-state index contributed by atoms with van der Waals surface area (Å²) >= 11 is 9.44. The standard InChI is InChI=1S/C14H16BrClN4O2/c15-4-5-18(10-12-2-1-3-13(16)8-12)6-7-19-11-17-9-14(19)20(21)22/h1-3,8-9,11H,4-7,10H2. The zero-order valence-corrected chi connectivity index (χ0v) is 14.2. The van der Waals surface area contributed by atoms with Crippen LogP contribution in [0.5, 0.6) is 0 Å². The van der Waals surface area contributed by atoms with Crippen LogP contribution in [0.4, 0.5) is 5.82 Å². The van der Waals surface area contributed by atoms with Gasteiger partial charge in [0.15, 0.2) is 6.33 Å². The predicted molar refractivity (Wildman–Crippen MR) is 89.4 cm³/mol. The fourth-order valence-electron chi connectivity index (χ4n) is 2.17. The quantitative estimate of drug-likeness (QED) is 0.396. The summed E-state index contributed by atoms with van der Waals surface area (Å²) in [5.74, 6) is 0.0153. The van der Waals surface area contributed by atoms with Crippen molar-refractivity contribution in [3.63, 3.8) is 0 Å². The lowest BCUT2D eigenvalue weighted by molar-refractivity contribution is -0.392. The molecule has 1 heterocycles. The van der Waals surface area contributed by atoms with Gasteiger partial charge in [0.2, 0.25) is 0 Å². The topological polar surface area (TPSA) is 64.2 Å². The lowest BCUT2D eigenvalue weighted by Crippen LogP contribution is -2.29. The summed E-state index contributed by atoms with van der Waals surface area (Å²) in [4.78, 5) is 16.5. The number of nitrogens with zero attached hydrogens (tertiary/aromatic N) is 4. The maximum absolute atomic E-state index is 10.9. The van der Waals surface area contributed by atoms with Crippen molar-refractivity contribution < 1.29 is 4.92 Å². The number of nitro groups is 1. The number of hydrogen-bond donors (Lipinski definition) is 0. The second-order valence-corrected chi connectivity index (χ2v) is 6.03. The van der Waals surface area contributed by atoms with Gasteiger partial charge in [-0.05, 0) is 22.6 Å². The van der Waals surface area contributed by atoms with E-state index in [4.69, 9.17) is 11.6 Å². The Labute approximate surface area is 142 Å². The SMILES string of the molecule is O=[N+]([O-])c1cncn1CCN(CCBr)Cc1cccc(Cl)c1. The Morgan fingerprint density at radius 1 is 1.41 bits per heavy atom. The fourth-order valence-corrected chi connectivity index (χ4v) is 2.88. The summed E-state index contributed by atoms with van der Waals surface area (Å²) in [5.41, 5.74) is 1.12. The first-order chi connectivity index (χ1) is 10.6. The fraction of sp³-hybridized carbons (Fsp3) is 0.357. The molecule has 118 valence electrons. The van der Waals surface area contributed by atoms with Gasteiger partial charge in [0.25, 0.3) is 0 Å². The summed E-state index contributed by atoms with van der Waals surface area (Å²) in [6, 6.07) is 7.72. The lowest BCUT2D eigenvalue weighted by atomic mass is 10.2. The van der Waals surface area contributed by atoms with E-state index in [1.807, 2.05) is 24.3 Å². The smallest absolute Gasteiger partial charge is 0.342 e. The Kier molecular flexibility index (Phi) is 6.35. The number of halogens is 2. The van der Waals surface area contributed by atoms with E-state index in [9.17, 15) is 10.1 Å². The molecule has 0 unspecified atom stereocenters. The van der Waals surface area contributed by atoms with Crippen LogP contribution in [0.2, 0.25) is 5.02 Å². The van der Waals surface area contributed by atoms with Gasteiger partial charge in [-0.25, -0.2) is 9.55 Å². The average Bonchev–Trinajstić information content (AvgIpc) is 2.94. The van der Waals surface area contributed by atoms with Crippen molar-refractivity contribution in [2.45, 2.75) is 13.1 Å². The molecule has 22 heavy (non-hydrogen) atoms. The number of aromatic nitrogens is 2. The Bertz CT molecular complexity index is 635. The minimum Gasteiger partial charge on any atom is -0.358 e. The predicted octanol–water partition coefficient (Wildman–Crippen LogP) is 3.34. The molecule has 0 aliphatic rings. The van der Waals surface area contributed by atoms with E-state index in [2.05, 4.69) is 25.8 Å². The van der Waals surface area contributed by atoms with Gasteiger partial charge in [-0.15, -0.1) is 0 Å². The Morgan fingerprint density at radius 2 is 2.23 bits per heavy atom. The largest absolute Gasteiger partial charge is 0.358 e. The van der Waals surface area contributed by atoms with Crippen LogP contribution < -0.4 is 0 Å². The van der Waals surface area contributed by atoms with Crippen LogP contribution in [-0.2, 0) is 13.1 Å². The first-order valence-electron chi connectivity index (χ1n) is 6.77. The van der Waals surface area contributed by atoms with Crippen LogP contribution in [0, 0.1) is 10.1 Å². The third-order valence-corrected chi connectivity index (χ3v) is 3.82. The minimum absolute atomic E-state index is 0.0153. The van der Waals surface area contributed by atoms with Crippen molar-refractivity contribution >= 4 is 33.3 Å². The highest BCUT2D eigenvalue weighted by Crippen LogP contribution is 2.14. The van der Waals surface area contributed by atoms with Gasteiger partial charge < -0.3 is 10.1 Å². The van der Waals surface area contributed by atoms with Gasteiger partial charge in [-0.3, -0.25) is 4.90 Å². The van der Waals surface area contributed by atoms with Crippen molar-refractivity contribution in [2.24, 2.45) is 0 Å². The van der Waals surface area contributed by atoms with E-state index in [1.54, 1.807) is 4.57 Å². The minimum atomic E-state index is -0.418. The molecule has 8 heteroatoms. The van der Waals surface area contributed by atoms with E-state index in [0.717, 1.165) is 24.0 Å². The Morgan fingerprint density at radius 3 is 2.91 bits per heavy atom. The third kappa shape index (κ3) is 4.79. The molecule has 0 aliphatic carbocycles. The van der Waals surface area contributed by atoms with Gasteiger partial charge in [0, 0.05) is 30.0 Å². The molecule has 2 aromatic rings. The third-order valence-electron chi connectivity index (χ3n) is 3.23. The molecule has 0 atom stereocenters. The molecule has 0 saturated carbocycles. The zero-order valence-electron chi connectivity index (χ0n) is 11.9. The van der Waals surface area contributed by atoms with Gasteiger partial charge in [-0.2, -0.15) is 0 Å². The van der Waals surface area contributed by atoms with Crippen molar-refractivity contribution in [3.05, 3.63) is 57.5 Å². The first-order valence-corrected chi connectivity index (χ1v) is 8.27. The van der Waals surface area contributed by atoms with Crippen LogP contribution in [0.25, 0.3) is 0 Å². The molecule has 0 spiro atoms. The highest BCUT2D eigenvalue weighted by molar-refractivity contribution is 9.09. The van der Waals surface area contributed by atoms with Crippen molar-refractivity contribution in [1.82, 2.24) is 14.5 Å². The number of benzene rings is 1. The van der Waals surface area contributed by atoms with Crippen LogP contribution in [0.1, 0.15) is 5.56 Å². The van der Waals surface area contributed by atoms with Gasteiger partial charge >= 0.3 is 5.82 Å². The molecular weight excluding hydrogens is 372 g/mol. The monoisotopic (exact) mass is 386 g/mol. The summed E-state index contributed by atoms with van der Waals surface area (Å²) in [7, 11) is 0. The van der Waals surface area contributed by atoms with E-state index in [-0.39, 0.29) is 5.82 Å². The molecule has 0 radical (unpaired) electrons. The maximum atomic E-state index is 10.9. The number of alkyl halides is 1. The highest BCUT2D eigenvalue weighted by Gasteiger charge is 2.14. The summed E-state index contributed by atoms with van der Waals surface area (Å²) in [5, 5.41) is 12.4. The second-order valence-electron chi connectivity index (χ2n) is 4.80. The second kappa shape index (κ2) is 8.26. The van der Waals surface area contributed by atoms with E-state index < -0.39 is 4.92 Å². The van der Waals surface area contributed by atoms with Crippen LogP contribution in [0.3, 0.4) is 0 Å². The van der Waals surface area contributed by atoms with Crippen LogP contribution in [0.15, 0.2) is 36.8 Å². The van der Waals surface area contributed by atoms with Crippen molar-refractivity contribution in [1.29, 1.82) is 0 Å². The summed E-state index contributed by atoms with van der Waals surface area (Å²) in [6.45, 7) is 2.79. The molecular formula is C14H16BrClN4O2. The van der Waals surface area contributed by atoms with E-state index in [1.165, 1.54) is 12.5 Å². The molecule has 6 nitrogen and oxygen atoms in total. The van der Waals surface area contributed by atoms with Gasteiger partial charge in [-0.1, -0.05) is 39.7 Å². The number of imidazole rings is 1. The molecule has 0 bridgehead atoms. The van der Waals surface area contributed by atoms with Crippen LogP contribution in [-0.4, -0.2) is 37.8 Å².